The topological polar surface area (TPSA) is 51.1 Å². The summed E-state index contributed by atoms with van der Waals surface area (Å²) in [6.45, 7) is 4.05. The molecule has 5 nitrogen and oxygen atoms in total. The molecule has 0 saturated heterocycles. The van der Waals surface area contributed by atoms with Crippen LogP contribution in [0.2, 0.25) is 0 Å². The van der Waals surface area contributed by atoms with E-state index in [1.165, 1.54) is 0 Å². The van der Waals surface area contributed by atoms with Crippen molar-refractivity contribution in [3.05, 3.63) is 23.0 Å². The maximum absolute atomic E-state index is 5.42. The predicted molar refractivity (Wildman–Crippen MR) is 84.1 cm³/mol. The van der Waals surface area contributed by atoms with Crippen molar-refractivity contribution in [3.63, 3.8) is 0 Å². The molecule has 0 atom stereocenters. The molecule has 0 aliphatic heterocycles. The fourth-order valence-electron chi connectivity index (χ4n) is 1.79. The summed E-state index contributed by atoms with van der Waals surface area (Å²) in [4.78, 5) is 6.45. The standard InChI is InChI=1S/C13H18N4OS2/c1-8-6-14-10(9(2)11(8)18-5)7-19-13-16-15-12(20-13)17(3)4/h6H,7H2,1-5H3. The SMILES string of the molecule is COc1c(C)cnc(CSc2nnc(N(C)C)s2)c1C. The number of aryl methyl sites for hydroxylation is 1. The van der Waals surface area contributed by atoms with Gasteiger partial charge in [-0.2, -0.15) is 0 Å². The molecule has 0 fully saturated rings. The highest BCUT2D eigenvalue weighted by molar-refractivity contribution is 8.00. The number of nitrogens with zero attached hydrogens (tertiary/aromatic N) is 4. The average Bonchev–Trinajstić information content (AvgIpc) is 2.87. The van der Waals surface area contributed by atoms with Gasteiger partial charge < -0.3 is 9.64 Å². The van der Waals surface area contributed by atoms with Crippen molar-refractivity contribution in [1.29, 1.82) is 0 Å². The minimum Gasteiger partial charge on any atom is -0.496 e. The van der Waals surface area contributed by atoms with Crippen LogP contribution in [0.4, 0.5) is 5.13 Å². The van der Waals surface area contributed by atoms with E-state index < -0.39 is 0 Å². The molecular formula is C13H18N4OS2. The molecule has 20 heavy (non-hydrogen) atoms. The minimum absolute atomic E-state index is 0.768. The first-order chi connectivity index (χ1) is 9.52. The molecule has 0 radical (unpaired) electrons. The highest BCUT2D eigenvalue weighted by Crippen LogP contribution is 2.32. The fraction of sp³-hybridized carbons (Fsp3) is 0.462. The molecule has 0 aliphatic carbocycles. The third kappa shape index (κ3) is 3.21. The highest BCUT2D eigenvalue weighted by atomic mass is 32.2. The Balaban J connectivity index is 2.10. The van der Waals surface area contributed by atoms with Crippen molar-refractivity contribution in [2.45, 2.75) is 23.9 Å². The normalized spacial score (nSPS) is 10.7. The number of aromatic nitrogens is 3. The molecule has 2 aromatic rings. The van der Waals surface area contributed by atoms with Gasteiger partial charge in [0.15, 0.2) is 4.34 Å². The quantitative estimate of drug-likeness (QED) is 0.792. The van der Waals surface area contributed by atoms with Gasteiger partial charge in [-0.1, -0.05) is 23.1 Å². The predicted octanol–water partition coefficient (Wildman–Crippen LogP) is 2.92. The Hall–Kier alpha value is -1.34. The van der Waals surface area contributed by atoms with E-state index in [0.29, 0.717) is 0 Å². The van der Waals surface area contributed by atoms with Gasteiger partial charge in [0, 0.05) is 37.2 Å². The van der Waals surface area contributed by atoms with Gasteiger partial charge in [-0.15, -0.1) is 10.2 Å². The summed E-state index contributed by atoms with van der Waals surface area (Å²) in [5, 5.41) is 9.22. The number of anilines is 1. The zero-order valence-corrected chi connectivity index (χ0v) is 13.9. The van der Waals surface area contributed by atoms with Crippen LogP contribution in [0.1, 0.15) is 16.8 Å². The molecule has 108 valence electrons. The zero-order valence-electron chi connectivity index (χ0n) is 12.3. The van der Waals surface area contributed by atoms with Crippen molar-refractivity contribution >= 4 is 28.2 Å². The van der Waals surface area contributed by atoms with Gasteiger partial charge in [-0.3, -0.25) is 4.98 Å². The molecule has 0 N–H and O–H groups in total. The van der Waals surface area contributed by atoms with Crippen molar-refractivity contribution in [1.82, 2.24) is 15.2 Å². The molecule has 0 bridgehead atoms. The van der Waals surface area contributed by atoms with Crippen LogP contribution in [-0.4, -0.2) is 36.4 Å². The molecular weight excluding hydrogens is 292 g/mol. The summed E-state index contributed by atoms with van der Waals surface area (Å²) < 4.78 is 6.38. The number of ether oxygens (including phenoxy) is 1. The van der Waals surface area contributed by atoms with Gasteiger partial charge in [-0.25, -0.2) is 0 Å². The Bertz CT molecular complexity index is 598. The Morgan fingerprint density at radius 2 is 2.05 bits per heavy atom. The lowest BCUT2D eigenvalue weighted by atomic mass is 10.1. The number of methoxy groups -OCH3 is 1. The summed E-state index contributed by atoms with van der Waals surface area (Å²) in [5.74, 6) is 1.69. The Kier molecular flexibility index (Phi) is 4.82. The third-order valence-electron chi connectivity index (χ3n) is 2.86. The van der Waals surface area contributed by atoms with Gasteiger partial charge in [-0.05, 0) is 13.8 Å². The minimum atomic E-state index is 0.768. The molecule has 7 heteroatoms. The van der Waals surface area contributed by atoms with Crippen molar-refractivity contribution in [2.75, 3.05) is 26.1 Å². The van der Waals surface area contributed by atoms with Crippen LogP contribution in [0, 0.1) is 13.8 Å². The summed E-state index contributed by atoms with van der Waals surface area (Å²) >= 11 is 3.24. The van der Waals surface area contributed by atoms with Gasteiger partial charge in [0.25, 0.3) is 0 Å². The van der Waals surface area contributed by atoms with Crippen molar-refractivity contribution < 1.29 is 4.74 Å². The zero-order chi connectivity index (χ0) is 14.7. The van der Waals surface area contributed by atoms with E-state index >= 15 is 0 Å². The maximum Gasteiger partial charge on any atom is 0.208 e. The molecule has 0 spiro atoms. The first kappa shape index (κ1) is 15.1. The first-order valence-electron chi connectivity index (χ1n) is 6.15. The van der Waals surface area contributed by atoms with E-state index in [1.54, 1.807) is 30.2 Å². The summed E-state index contributed by atoms with van der Waals surface area (Å²) in [6, 6.07) is 0. The monoisotopic (exact) mass is 310 g/mol. The van der Waals surface area contributed by atoms with Gasteiger partial charge >= 0.3 is 0 Å². The number of rotatable bonds is 5. The second kappa shape index (κ2) is 6.41. The molecule has 0 amide bonds. The Labute approximate surface area is 127 Å². The van der Waals surface area contributed by atoms with Gasteiger partial charge in [0.05, 0.1) is 12.8 Å². The van der Waals surface area contributed by atoms with Crippen LogP contribution >= 0.6 is 23.1 Å². The molecule has 0 aliphatic rings. The number of thioether (sulfide) groups is 1. The Morgan fingerprint density at radius 3 is 2.65 bits per heavy atom. The number of hydrogen-bond acceptors (Lipinski definition) is 7. The molecule has 2 heterocycles. The molecule has 0 unspecified atom stereocenters. The van der Waals surface area contributed by atoms with E-state index in [2.05, 4.69) is 15.2 Å². The highest BCUT2D eigenvalue weighted by Gasteiger charge is 2.12. The smallest absolute Gasteiger partial charge is 0.208 e. The lowest BCUT2D eigenvalue weighted by Crippen LogP contribution is -2.07. The maximum atomic E-state index is 5.42. The van der Waals surface area contributed by atoms with Gasteiger partial charge in [0.2, 0.25) is 5.13 Å². The molecule has 0 saturated carbocycles. The summed E-state index contributed by atoms with van der Waals surface area (Å²) in [6.07, 6.45) is 1.85. The Morgan fingerprint density at radius 1 is 1.30 bits per heavy atom. The van der Waals surface area contributed by atoms with Crippen molar-refractivity contribution in [3.8, 4) is 5.75 Å². The number of pyridine rings is 1. The summed E-state index contributed by atoms with van der Waals surface area (Å²) in [7, 11) is 5.62. The molecule has 2 aromatic heterocycles. The average molecular weight is 310 g/mol. The lowest BCUT2D eigenvalue weighted by molar-refractivity contribution is 0.407. The second-order valence-corrected chi connectivity index (χ2v) is 6.76. The largest absolute Gasteiger partial charge is 0.496 e. The van der Waals surface area contributed by atoms with Crippen LogP contribution in [0.5, 0.6) is 5.75 Å². The van der Waals surface area contributed by atoms with Crippen LogP contribution in [0.15, 0.2) is 10.5 Å². The molecule has 0 aromatic carbocycles. The third-order valence-corrected chi connectivity index (χ3v) is 5.10. The van der Waals surface area contributed by atoms with Gasteiger partial charge in [0.1, 0.15) is 5.75 Å². The van der Waals surface area contributed by atoms with E-state index in [1.807, 2.05) is 39.0 Å². The van der Waals surface area contributed by atoms with E-state index in [9.17, 15) is 0 Å². The number of hydrogen-bond donors (Lipinski definition) is 0. The van der Waals surface area contributed by atoms with E-state index in [0.717, 1.165) is 37.8 Å². The molecule has 2 rings (SSSR count). The van der Waals surface area contributed by atoms with Crippen molar-refractivity contribution in [2.24, 2.45) is 0 Å². The lowest BCUT2D eigenvalue weighted by Gasteiger charge is -2.11. The van der Waals surface area contributed by atoms with E-state index in [-0.39, 0.29) is 0 Å². The first-order valence-corrected chi connectivity index (χ1v) is 7.95. The van der Waals surface area contributed by atoms with E-state index in [4.69, 9.17) is 4.74 Å². The van der Waals surface area contributed by atoms with Crippen LogP contribution in [-0.2, 0) is 5.75 Å². The van der Waals surface area contributed by atoms with Crippen LogP contribution in [0.3, 0.4) is 0 Å². The van der Waals surface area contributed by atoms with Crippen LogP contribution < -0.4 is 9.64 Å². The van der Waals surface area contributed by atoms with Crippen LogP contribution in [0.25, 0.3) is 0 Å². The summed E-state index contributed by atoms with van der Waals surface area (Å²) in [5.41, 5.74) is 3.18. The second-order valence-electron chi connectivity index (χ2n) is 4.58. The fourth-order valence-corrected chi connectivity index (χ4v) is 3.58.